The van der Waals surface area contributed by atoms with Gasteiger partial charge in [-0.3, -0.25) is 4.79 Å². The summed E-state index contributed by atoms with van der Waals surface area (Å²) in [4.78, 5) is 11.2. The van der Waals surface area contributed by atoms with Crippen LogP contribution in [0.25, 0.3) is 0 Å². The average molecular weight is 352 g/mol. The fourth-order valence-corrected chi connectivity index (χ4v) is 4.06. The molecule has 0 aromatic heterocycles. The van der Waals surface area contributed by atoms with Gasteiger partial charge in [0.05, 0.1) is 0 Å². The summed E-state index contributed by atoms with van der Waals surface area (Å²) in [6.07, 6.45) is 2.45. The van der Waals surface area contributed by atoms with E-state index < -0.39 is 0 Å². The maximum atomic E-state index is 13.2. The number of nitrogens with one attached hydrogen (secondary N) is 2. The van der Waals surface area contributed by atoms with E-state index in [1.165, 1.54) is 16.7 Å². The maximum absolute atomic E-state index is 13.2. The van der Waals surface area contributed by atoms with Crippen molar-refractivity contribution in [1.29, 1.82) is 0 Å². The topological polar surface area (TPSA) is 41.1 Å². The monoisotopic (exact) mass is 352 g/mol. The lowest BCUT2D eigenvalue weighted by Crippen LogP contribution is -2.47. The van der Waals surface area contributed by atoms with E-state index in [0.29, 0.717) is 36.5 Å². The second-order valence-electron chi connectivity index (χ2n) is 7.52. The second kappa shape index (κ2) is 7.68. The molecule has 0 radical (unpaired) electrons. The number of carbonyl (C=O) groups excluding carboxylic acids is 1. The Kier molecular flexibility index (Phi) is 5.14. The Morgan fingerprint density at radius 2 is 1.69 bits per heavy atom. The first-order valence-corrected chi connectivity index (χ1v) is 9.49. The third-order valence-electron chi connectivity index (χ3n) is 5.75. The SMILES string of the molecule is O=C1CC(c2ccc(CN[C@H]3CNCC[C@H]3c3ccc(F)cc3)cc2)C1. The first-order chi connectivity index (χ1) is 12.7. The second-order valence-corrected chi connectivity index (χ2v) is 7.52. The summed E-state index contributed by atoms with van der Waals surface area (Å²) < 4.78 is 13.2. The van der Waals surface area contributed by atoms with E-state index in [4.69, 9.17) is 0 Å². The lowest BCUT2D eigenvalue weighted by Gasteiger charge is -2.33. The van der Waals surface area contributed by atoms with Crippen LogP contribution in [-0.4, -0.2) is 24.9 Å². The molecule has 2 atom stereocenters. The largest absolute Gasteiger partial charge is 0.315 e. The molecule has 2 N–H and O–H groups in total. The van der Waals surface area contributed by atoms with Crippen LogP contribution in [0, 0.1) is 5.82 Å². The molecule has 2 fully saturated rings. The van der Waals surface area contributed by atoms with Gasteiger partial charge in [-0.05, 0) is 47.7 Å². The molecule has 0 bridgehead atoms. The van der Waals surface area contributed by atoms with Crippen LogP contribution in [0.3, 0.4) is 0 Å². The van der Waals surface area contributed by atoms with Crippen molar-refractivity contribution in [3.05, 3.63) is 71.0 Å². The van der Waals surface area contributed by atoms with E-state index in [0.717, 1.165) is 26.1 Å². The Morgan fingerprint density at radius 3 is 2.38 bits per heavy atom. The predicted molar refractivity (Wildman–Crippen MR) is 101 cm³/mol. The highest BCUT2D eigenvalue weighted by Gasteiger charge is 2.28. The number of Topliss-reactive ketones (excluding diaryl/α,β-unsaturated/α-hetero) is 1. The molecule has 4 heteroatoms. The smallest absolute Gasteiger partial charge is 0.134 e. The Morgan fingerprint density at radius 1 is 1.00 bits per heavy atom. The van der Waals surface area contributed by atoms with Gasteiger partial charge in [0.2, 0.25) is 0 Å². The summed E-state index contributed by atoms with van der Waals surface area (Å²) in [5.74, 6) is 1.02. The van der Waals surface area contributed by atoms with Gasteiger partial charge in [-0.15, -0.1) is 0 Å². The molecule has 1 saturated heterocycles. The van der Waals surface area contributed by atoms with E-state index in [1.54, 1.807) is 12.1 Å². The van der Waals surface area contributed by atoms with Crippen molar-refractivity contribution < 1.29 is 9.18 Å². The minimum atomic E-state index is -0.180. The molecule has 1 aliphatic heterocycles. The van der Waals surface area contributed by atoms with E-state index in [-0.39, 0.29) is 5.82 Å². The summed E-state index contributed by atoms with van der Waals surface area (Å²) in [7, 11) is 0. The molecule has 2 aromatic carbocycles. The molecular weight excluding hydrogens is 327 g/mol. The number of hydrogen-bond donors (Lipinski definition) is 2. The first kappa shape index (κ1) is 17.4. The normalized spacial score (nSPS) is 23.7. The molecule has 0 amide bonds. The minimum Gasteiger partial charge on any atom is -0.315 e. The molecule has 0 unspecified atom stereocenters. The number of benzene rings is 2. The molecule has 2 aliphatic rings. The Labute approximate surface area is 154 Å². The van der Waals surface area contributed by atoms with E-state index in [9.17, 15) is 9.18 Å². The van der Waals surface area contributed by atoms with Crippen molar-refractivity contribution in [1.82, 2.24) is 10.6 Å². The lowest BCUT2D eigenvalue weighted by atomic mass is 9.79. The van der Waals surface area contributed by atoms with Crippen LogP contribution in [0.15, 0.2) is 48.5 Å². The minimum absolute atomic E-state index is 0.180. The molecule has 1 saturated carbocycles. The molecule has 0 spiro atoms. The van der Waals surface area contributed by atoms with Crippen molar-refractivity contribution in [3.8, 4) is 0 Å². The number of ketones is 1. The highest BCUT2D eigenvalue weighted by Crippen LogP contribution is 2.33. The fraction of sp³-hybridized carbons (Fsp3) is 0.409. The maximum Gasteiger partial charge on any atom is 0.134 e. The predicted octanol–water partition coefficient (Wildman–Crippen LogP) is 3.51. The standard InChI is InChI=1S/C22H25FN2O/c23-19-7-5-17(6-8-19)21-9-10-24-14-22(21)25-13-15-1-3-16(4-2-15)18-11-20(26)12-18/h1-8,18,21-22,24-25H,9-14H2/t21-,22-/m0/s1. The van der Waals surface area contributed by atoms with Gasteiger partial charge in [-0.1, -0.05) is 36.4 Å². The van der Waals surface area contributed by atoms with Gasteiger partial charge in [0, 0.05) is 37.9 Å². The number of rotatable bonds is 5. The fourth-order valence-electron chi connectivity index (χ4n) is 4.06. The number of halogens is 1. The lowest BCUT2D eigenvalue weighted by molar-refractivity contribution is -0.124. The molecular formula is C22H25FN2O. The average Bonchev–Trinajstić information content (AvgIpc) is 2.65. The molecule has 1 aliphatic carbocycles. The van der Waals surface area contributed by atoms with Crippen molar-refractivity contribution in [2.24, 2.45) is 0 Å². The molecule has 2 aromatic rings. The highest BCUT2D eigenvalue weighted by molar-refractivity contribution is 5.86. The van der Waals surface area contributed by atoms with Gasteiger partial charge in [0.15, 0.2) is 0 Å². The van der Waals surface area contributed by atoms with Crippen LogP contribution in [-0.2, 0) is 11.3 Å². The molecule has 4 rings (SSSR count). The summed E-state index contributed by atoms with van der Waals surface area (Å²) >= 11 is 0. The van der Waals surface area contributed by atoms with Crippen molar-refractivity contribution in [2.75, 3.05) is 13.1 Å². The summed E-state index contributed by atoms with van der Waals surface area (Å²) in [5.41, 5.74) is 3.73. The van der Waals surface area contributed by atoms with E-state index in [2.05, 4.69) is 34.9 Å². The van der Waals surface area contributed by atoms with Gasteiger partial charge >= 0.3 is 0 Å². The van der Waals surface area contributed by atoms with Crippen LogP contribution in [0.2, 0.25) is 0 Å². The summed E-state index contributed by atoms with van der Waals surface area (Å²) in [6.45, 7) is 2.73. The zero-order valence-corrected chi connectivity index (χ0v) is 14.9. The van der Waals surface area contributed by atoms with Crippen LogP contribution < -0.4 is 10.6 Å². The molecule has 26 heavy (non-hydrogen) atoms. The van der Waals surface area contributed by atoms with Crippen molar-refractivity contribution >= 4 is 5.78 Å². The molecule has 136 valence electrons. The van der Waals surface area contributed by atoms with Crippen LogP contribution in [0.5, 0.6) is 0 Å². The van der Waals surface area contributed by atoms with E-state index in [1.807, 2.05) is 12.1 Å². The van der Waals surface area contributed by atoms with Crippen molar-refractivity contribution in [2.45, 2.75) is 43.7 Å². The first-order valence-electron chi connectivity index (χ1n) is 9.49. The van der Waals surface area contributed by atoms with Crippen LogP contribution >= 0.6 is 0 Å². The summed E-state index contributed by atoms with van der Waals surface area (Å²) in [6, 6.07) is 15.9. The van der Waals surface area contributed by atoms with Gasteiger partial charge in [-0.25, -0.2) is 4.39 Å². The quantitative estimate of drug-likeness (QED) is 0.865. The summed E-state index contributed by atoms with van der Waals surface area (Å²) in [5, 5.41) is 7.13. The van der Waals surface area contributed by atoms with Crippen LogP contribution in [0.4, 0.5) is 4.39 Å². The van der Waals surface area contributed by atoms with Crippen LogP contribution in [0.1, 0.15) is 47.8 Å². The third kappa shape index (κ3) is 3.87. The Bertz CT molecular complexity index is 749. The van der Waals surface area contributed by atoms with Gasteiger partial charge in [0.1, 0.15) is 11.6 Å². The van der Waals surface area contributed by atoms with Crippen molar-refractivity contribution in [3.63, 3.8) is 0 Å². The zero-order chi connectivity index (χ0) is 17.9. The Balaban J connectivity index is 1.37. The van der Waals surface area contributed by atoms with Gasteiger partial charge in [-0.2, -0.15) is 0 Å². The Hall–Kier alpha value is -2.04. The number of carbonyl (C=O) groups is 1. The van der Waals surface area contributed by atoms with Gasteiger partial charge in [0.25, 0.3) is 0 Å². The highest BCUT2D eigenvalue weighted by atomic mass is 19.1. The van der Waals surface area contributed by atoms with E-state index >= 15 is 0 Å². The van der Waals surface area contributed by atoms with Gasteiger partial charge < -0.3 is 10.6 Å². The third-order valence-corrected chi connectivity index (χ3v) is 5.75. The number of hydrogen-bond acceptors (Lipinski definition) is 3. The number of piperidine rings is 1. The molecule has 3 nitrogen and oxygen atoms in total. The zero-order valence-electron chi connectivity index (χ0n) is 14.9. The molecule has 1 heterocycles.